The van der Waals surface area contributed by atoms with Crippen molar-refractivity contribution < 1.29 is 0 Å². The molecule has 1 aromatic heterocycles. The van der Waals surface area contributed by atoms with Gasteiger partial charge in [-0.05, 0) is 30.4 Å². The molecule has 1 rings (SSSR count). The lowest BCUT2D eigenvalue weighted by molar-refractivity contribution is 0.560. The number of pyridine rings is 1. The lowest BCUT2D eigenvalue weighted by Crippen LogP contribution is -2.04. The van der Waals surface area contributed by atoms with Crippen molar-refractivity contribution >= 4 is 5.82 Å². The lowest BCUT2D eigenvalue weighted by atomic mass is 9.91. The highest BCUT2D eigenvalue weighted by atomic mass is 15.0. The molecule has 0 unspecified atom stereocenters. The van der Waals surface area contributed by atoms with Gasteiger partial charge in [0.25, 0.3) is 0 Å². The van der Waals surface area contributed by atoms with Crippen molar-refractivity contribution in [2.24, 2.45) is 0 Å². The molecule has 84 valence electrons. The third kappa shape index (κ3) is 3.22. The van der Waals surface area contributed by atoms with Crippen LogP contribution in [-0.4, -0.2) is 12.0 Å². The maximum absolute atomic E-state index is 4.37. The van der Waals surface area contributed by atoms with E-state index in [-0.39, 0.29) is 0 Å². The number of nitrogens with one attached hydrogen (secondary N) is 1. The summed E-state index contributed by atoms with van der Waals surface area (Å²) in [5.74, 6) is 1.71. The van der Waals surface area contributed by atoms with Crippen LogP contribution in [0.5, 0.6) is 0 Å². The molecule has 0 radical (unpaired) electrons. The summed E-state index contributed by atoms with van der Waals surface area (Å²) in [5, 5.41) is 3.18. The summed E-state index contributed by atoms with van der Waals surface area (Å²) in [4.78, 5) is 4.37. The van der Waals surface area contributed by atoms with Gasteiger partial charge in [0.15, 0.2) is 0 Å². The summed E-state index contributed by atoms with van der Waals surface area (Å²) >= 11 is 0. The van der Waals surface area contributed by atoms with Crippen LogP contribution in [0.3, 0.4) is 0 Å². The Balaban J connectivity index is 2.88. The standard InChI is InChI=1S/C13H22N2/c1-4-7-11(8-5-2)12-9-6-10-15-13(12)14-3/h6,9-11H,4-5,7-8H2,1-3H3,(H,14,15). The minimum absolute atomic E-state index is 0.663. The largest absolute Gasteiger partial charge is 0.373 e. The highest BCUT2D eigenvalue weighted by Gasteiger charge is 2.13. The normalized spacial score (nSPS) is 10.7. The molecule has 0 bridgehead atoms. The molecule has 2 heteroatoms. The van der Waals surface area contributed by atoms with Crippen molar-refractivity contribution in [3.8, 4) is 0 Å². The summed E-state index contributed by atoms with van der Waals surface area (Å²) in [6.45, 7) is 4.50. The third-order valence-electron chi connectivity index (χ3n) is 2.79. The van der Waals surface area contributed by atoms with Crippen LogP contribution in [0.25, 0.3) is 0 Å². The van der Waals surface area contributed by atoms with Crippen molar-refractivity contribution in [2.45, 2.75) is 45.4 Å². The van der Waals surface area contributed by atoms with Crippen LogP contribution in [0.1, 0.15) is 51.0 Å². The Kier molecular flexibility index (Phi) is 5.16. The first-order valence-electron chi connectivity index (χ1n) is 5.96. The fraction of sp³-hybridized carbons (Fsp3) is 0.615. The van der Waals surface area contributed by atoms with Crippen LogP contribution in [-0.2, 0) is 0 Å². The Morgan fingerprint density at radius 1 is 1.27 bits per heavy atom. The molecule has 0 saturated carbocycles. The highest BCUT2D eigenvalue weighted by molar-refractivity contribution is 5.45. The minimum Gasteiger partial charge on any atom is -0.373 e. The molecule has 0 amide bonds. The monoisotopic (exact) mass is 206 g/mol. The van der Waals surface area contributed by atoms with E-state index in [0.29, 0.717) is 5.92 Å². The van der Waals surface area contributed by atoms with Gasteiger partial charge in [-0.15, -0.1) is 0 Å². The second kappa shape index (κ2) is 6.44. The second-order valence-electron chi connectivity index (χ2n) is 3.97. The average Bonchev–Trinajstić information content (AvgIpc) is 2.29. The number of aromatic nitrogens is 1. The van der Waals surface area contributed by atoms with E-state index in [9.17, 15) is 0 Å². The highest BCUT2D eigenvalue weighted by Crippen LogP contribution is 2.30. The Morgan fingerprint density at radius 3 is 2.47 bits per heavy atom. The van der Waals surface area contributed by atoms with Crippen molar-refractivity contribution in [1.29, 1.82) is 0 Å². The maximum Gasteiger partial charge on any atom is 0.129 e. The number of hydrogen-bond donors (Lipinski definition) is 1. The smallest absolute Gasteiger partial charge is 0.129 e. The second-order valence-corrected chi connectivity index (χ2v) is 3.97. The molecular weight excluding hydrogens is 184 g/mol. The Morgan fingerprint density at radius 2 is 1.93 bits per heavy atom. The lowest BCUT2D eigenvalue weighted by Gasteiger charge is -2.18. The molecule has 0 aliphatic rings. The fourth-order valence-electron chi connectivity index (χ4n) is 2.11. The van der Waals surface area contributed by atoms with E-state index in [0.717, 1.165) is 5.82 Å². The summed E-state index contributed by atoms with van der Waals surface area (Å²) in [5.41, 5.74) is 1.38. The maximum atomic E-state index is 4.37. The Hall–Kier alpha value is -1.05. The molecule has 1 N–H and O–H groups in total. The van der Waals surface area contributed by atoms with E-state index >= 15 is 0 Å². The van der Waals surface area contributed by atoms with Gasteiger partial charge < -0.3 is 5.32 Å². The van der Waals surface area contributed by atoms with Crippen LogP contribution in [0, 0.1) is 0 Å². The molecule has 0 aliphatic carbocycles. The molecule has 1 aromatic rings. The topological polar surface area (TPSA) is 24.9 Å². The molecule has 2 nitrogen and oxygen atoms in total. The van der Waals surface area contributed by atoms with Crippen molar-refractivity contribution in [3.05, 3.63) is 23.9 Å². The first kappa shape index (κ1) is 12.0. The molecule has 0 fully saturated rings. The Bertz CT molecular complexity index is 278. The molecule has 0 aromatic carbocycles. The minimum atomic E-state index is 0.663. The quantitative estimate of drug-likeness (QED) is 0.765. The van der Waals surface area contributed by atoms with Gasteiger partial charge in [0.05, 0.1) is 0 Å². The van der Waals surface area contributed by atoms with Gasteiger partial charge in [-0.2, -0.15) is 0 Å². The summed E-state index contributed by atoms with van der Waals surface area (Å²) in [6.07, 6.45) is 6.85. The van der Waals surface area contributed by atoms with Gasteiger partial charge in [-0.25, -0.2) is 4.98 Å². The average molecular weight is 206 g/mol. The molecule has 0 spiro atoms. The molecular formula is C13H22N2. The van der Waals surface area contributed by atoms with E-state index in [1.807, 2.05) is 19.3 Å². The predicted octanol–water partition coefficient (Wildman–Crippen LogP) is 3.81. The number of hydrogen-bond acceptors (Lipinski definition) is 2. The SMILES string of the molecule is CCCC(CCC)c1cccnc1NC. The van der Waals surface area contributed by atoms with E-state index in [4.69, 9.17) is 0 Å². The van der Waals surface area contributed by atoms with Gasteiger partial charge in [-0.3, -0.25) is 0 Å². The summed E-state index contributed by atoms with van der Waals surface area (Å²) in [6, 6.07) is 4.24. The van der Waals surface area contributed by atoms with Gasteiger partial charge >= 0.3 is 0 Å². The predicted molar refractivity (Wildman–Crippen MR) is 66.3 cm³/mol. The molecule has 15 heavy (non-hydrogen) atoms. The van der Waals surface area contributed by atoms with E-state index in [1.54, 1.807) is 0 Å². The third-order valence-corrected chi connectivity index (χ3v) is 2.79. The zero-order valence-electron chi connectivity index (χ0n) is 10.1. The molecule has 0 saturated heterocycles. The van der Waals surface area contributed by atoms with Crippen LogP contribution >= 0.6 is 0 Å². The van der Waals surface area contributed by atoms with E-state index in [1.165, 1.54) is 31.2 Å². The molecule has 0 atom stereocenters. The zero-order chi connectivity index (χ0) is 11.1. The van der Waals surface area contributed by atoms with Crippen molar-refractivity contribution in [1.82, 2.24) is 4.98 Å². The summed E-state index contributed by atoms with van der Waals surface area (Å²) < 4.78 is 0. The number of anilines is 1. The van der Waals surface area contributed by atoms with Crippen LogP contribution in [0.15, 0.2) is 18.3 Å². The van der Waals surface area contributed by atoms with Gasteiger partial charge in [-0.1, -0.05) is 32.8 Å². The summed E-state index contributed by atoms with van der Waals surface area (Å²) in [7, 11) is 1.95. The van der Waals surface area contributed by atoms with E-state index < -0.39 is 0 Å². The molecule has 0 aliphatic heterocycles. The van der Waals surface area contributed by atoms with Crippen LogP contribution < -0.4 is 5.32 Å². The number of nitrogens with zero attached hydrogens (tertiary/aromatic N) is 1. The molecule has 1 heterocycles. The Labute approximate surface area is 93.1 Å². The first-order valence-corrected chi connectivity index (χ1v) is 5.96. The fourth-order valence-corrected chi connectivity index (χ4v) is 2.11. The van der Waals surface area contributed by atoms with Gasteiger partial charge in [0.2, 0.25) is 0 Å². The van der Waals surface area contributed by atoms with Crippen molar-refractivity contribution in [3.63, 3.8) is 0 Å². The van der Waals surface area contributed by atoms with E-state index in [2.05, 4.69) is 30.2 Å². The van der Waals surface area contributed by atoms with Gasteiger partial charge in [0, 0.05) is 13.2 Å². The number of rotatable bonds is 6. The van der Waals surface area contributed by atoms with Crippen LogP contribution in [0.2, 0.25) is 0 Å². The first-order chi connectivity index (χ1) is 7.33. The van der Waals surface area contributed by atoms with Gasteiger partial charge in [0.1, 0.15) is 5.82 Å². The zero-order valence-corrected chi connectivity index (χ0v) is 10.1. The van der Waals surface area contributed by atoms with Crippen molar-refractivity contribution in [2.75, 3.05) is 12.4 Å². The van der Waals surface area contributed by atoms with Crippen LogP contribution in [0.4, 0.5) is 5.82 Å².